The quantitative estimate of drug-likeness (QED) is 0.435. The SMILES string of the molecule is CCS(=O)(=O)N1C2CCCC1CC(CNc1nc(COC(C)=O)c(F)c(Nc3cc(C)[nH]n3)n1)C2. The van der Waals surface area contributed by atoms with Crippen molar-refractivity contribution in [1.82, 2.24) is 24.5 Å². The van der Waals surface area contributed by atoms with Gasteiger partial charge in [-0.1, -0.05) is 6.42 Å². The summed E-state index contributed by atoms with van der Waals surface area (Å²) in [6.45, 7) is 4.94. The van der Waals surface area contributed by atoms with E-state index in [4.69, 9.17) is 4.74 Å². The van der Waals surface area contributed by atoms with Gasteiger partial charge in [-0.3, -0.25) is 9.89 Å². The molecule has 2 aliphatic heterocycles. The number of piperidine rings is 2. The summed E-state index contributed by atoms with van der Waals surface area (Å²) >= 11 is 0. The lowest BCUT2D eigenvalue weighted by Crippen LogP contribution is -2.55. The number of hydrogen-bond acceptors (Lipinski definition) is 9. The van der Waals surface area contributed by atoms with E-state index in [1.165, 1.54) is 6.92 Å². The zero-order chi connectivity index (χ0) is 25.2. The Hall–Kier alpha value is -2.80. The fourth-order valence-electron chi connectivity index (χ4n) is 4.98. The zero-order valence-electron chi connectivity index (χ0n) is 20.2. The molecule has 0 amide bonds. The van der Waals surface area contributed by atoms with E-state index in [0.717, 1.165) is 37.8 Å². The van der Waals surface area contributed by atoms with Crippen molar-refractivity contribution in [3.05, 3.63) is 23.3 Å². The maximum Gasteiger partial charge on any atom is 0.303 e. The van der Waals surface area contributed by atoms with Gasteiger partial charge >= 0.3 is 5.97 Å². The van der Waals surface area contributed by atoms with Crippen LogP contribution in [-0.4, -0.2) is 63.2 Å². The molecule has 13 heteroatoms. The van der Waals surface area contributed by atoms with E-state index in [1.807, 2.05) is 6.92 Å². The van der Waals surface area contributed by atoms with Gasteiger partial charge < -0.3 is 15.4 Å². The number of hydrogen-bond donors (Lipinski definition) is 3. The van der Waals surface area contributed by atoms with Crippen LogP contribution in [0.3, 0.4) is 0 Å². The Morgan fingerprint density at radius 3 is 2.60 bits per heavy atom. The van der Waals surface area contributed by atoms with E-state index in [-0.39, 0.29) is 47.8 Å². The maximum absolute atomic E-state index is 15.0. The van der Waals surface area contributed by atoms with Crippen LogP contribution >= 0.6 is 0 Å². The summed E-state index contributed by atoms with van der Waals surface area (Å²) in [6.07, 6.45) is 4.27. The van der Waals surface area contributed by atoms with Crippen LogP contribution in [0.2, 0.25) is 0 Å². The summed E-state index contributed by atoms with van der Waals surface area (Å²) in [4.78, 5) is 19.8. The molecule has 0 saturated carbocycles. The average molecular weight is 510 g/mol. The third-order valence-corrected chi connectivity index (χ3v) is 8.49. The molecule has 0 radical (unpaired) electrons. The van der Waals surface area contributed by atoms with Crippen LogP contribution in [0, 0.1) is 18.7 Å². The van der Waals surface area contributed by atoms with Crippen molar-refractivity contribution >= 4 is 33.6 Å². The van der Waals surface area contributed by atoms with E-state index >= 15 is 4.39 Å². The van der Waals surface area contributed by atoms with Gasteiger partial charge in [0, 0.05) is 37.3 Å². The first kappa shape index (κ1) is 25.3. The van der Waals surface area contributed by atoms with Gasteiger partial charge in [0.05, 0.1) is 5.75 Å². The number of sulfonamides is 1. The molecule has 2 bridgehead atoms. The molecule has 2 aromatic heterocycles. The minimum atomic E-state index is -3.24. The molecule has 4 heterocycles. The molecule has 11 nitrogen and oxygen atoms in total. The number of halogens is 1. The van der Waals surface area contributed by atoms with E-state index in [1.54, 1.807) is 17.3 Å². The van der Waals surface area contributed by atoms with Crippen molar-refractivity contribution in [2.75, 3.05) is 22.9 Å². The molecule has 2 atom stereocenters. The highest BCUT2D eigenvalue weighted by Crippen LogP contribution is 2.39. The number of anilines is 3. The van der Waals surface area contributed by atoms with Gasteiger partial charge in [-0.05, 0) is 45.4 Å². The van der Waals surface area contributed by atoms with Crippen LogP contribution in [0.15, 0.2) is 6.07 Å². The van der Waals surface area contributed by atoms with Crippen LogP contribution in [0.4, 0.5) is 22.0 Å². The molecule has 2 fully saturated rings. The molecule has 0 spiro atoms. The number of carbonyl (C=O) groups is 1. The first-order valence-corrected chi connectivity index (χ1v) is 13.5. The minimum Gasteiger partial charge on any atom is -0.459 e. The van der Waals surface area contributed by atoms with E-state index < -0.39 is 21.8 Å². The molecule has 2 saturated heterocycles. The predicted molar refractivity (Wildman–Crippen MR) is 128 cm³/mol. The smallest absolute Gasteiger partial charge is 0.303 e. The first-order valence-electron chi connectivity index (χ1n) is 11.9. The third-order valence-electron chi connectivity index (χ3n) is 6.52. The molecular formula is C22H32FN7O4S. The predicted octanol–water partition coefficient (Wildman–Crippen LogP) is 2.85. The van der Waals surface area contributed by atoms with Gasteiger partial charge in [0.25, 0.3) is 0 Å². The Bertz CT molecular complexity index is 1160. The first-order chi connectivity index (χ1) is 16.7. The highest BCUT2D eigenvalue weighted by molar-refractivity contribution is 7.89. The number of aromatic nitrogens is 4. The van der Waals surface area contributed by atoms with Gasteiger partial charge in [-0.25, -0.2) is 17.8 Å². The third kappa shape index (κ3) is 5.89. The maximum atomic E-state index is 15.0. The van der Waals surface area contributed by atoms with Gasteiger partial charge in [0.1, 0.15) is 12.3 Å². The van der Waals surface area contributed by atoms with Crippen LogP contribution in [0.5, 0.6) is 0 Å². The summed E-state index contributed by atoms with van der Waals surface area (Å²) in [6, 6.07) is 1.72. The monoisotopic (exact) mass is 509 g/mol. The summed E-state index contributed by atoms with van der Waals surface area (Å²) in [5.74, 6) is -0.441. The van der Waals surface area contributed by atoms with Crippen molar-refractivity contribution < 1.29 is 22.3 Å². The Morgan fingerprint density at radius 1 is 1.29 bits per heavy atom. The lowest BCUT2D eigenvalue weighted by atomic mass is 9.80. The molecule has 2 aliphatic rings. The number of fused-ring (bicyclic) bond motifs is 2. The molecular weight excluding hydrogens is 477 g/mol. The van der Waals surface area contributed by atoms with Crippen molar-refractivity contribution in [2.45, 2.75) is 71.6 Å². The van der Waals surface area contributed by atoms with E-state index in [9.17, 15) is 13.2 Å². The largest absolute Gasteiger partial charge is 0.459 e. The summed E-state index contributed by atoms with van der Waals surface area (Å²) in [7, 11) is -3.24. The van der Waals surface area contributed by atoms with Gasteiger partial charge in [-0.15, -0.1) is 0 Å². The summed E-state index contributed by atoms with van der Waals surface area (Å²) in [5, 5.41) is 12.9. The van der Waals surface area contributed by atoms with Crippen LogP contribution in [0.25, 0.3) is 0 Å². The molecule has 0 aliphatic carbocycles. The number of aryl methyl sites for hydroxylation is 1. The number of ether oxygens (including phenoxy) is 1. The van der Waals surface area contributed by atoms with E-state index in [2.05, 4.69) is 30.8 Å². The topological polar surface area (TPSA) is 142 Å². The number of esters is 1. The normalized spacial score (nSPS) is 22.6. The second-order valence-electron chi connectivity index (χ2n) is 9.19. The zero-order valence-corrected chi connectivity index (χ0v) is 21.0. The standard InChI is InChI=1S/C22H32FN7O4S/c1-4-35(32,33)30-16-6-5-7-17(30)10-15(9-16)11-24-22-25-18(12-34-14(3)31)20(23)21(27-22)26-19-8-13(2)28-29-19/h8,15-17H,4-7,9-12H2,1-3H3,(H3,24,25,26,27,28,29). The average Bonchev–Trinajstić information content (AvgIpc) is 3.22. The fourth-order valence-corrected chi connectivity index (χ4v) is 6.57. The Balaban J connectivity index is 1.49. The Labute approximate surface area is 204 Å². The van der Waals surface area contributed by atoms with Gasteiger partial charge in [0.15, 0.2) is 17.5 Å². The molecule has 3 N–H and O–H groups in total. The highest BCUT2D eigenvalue weighted by atomic mass is 32.2. The van der Waals surface area contributed by atoms with Crippen molar-refractivity contribution in [3.63, 3.8) is 0 Å². The molecule has 2 aromatic rings. The van der Waals surface area contributed by atoms with Crippen molar-refractivity contribution in [2.24, 2.45) is 5.92 Å². The number of nitrogens with zero attached hydrogens (tertiary/aromatic N) is 4. The van der Waals surface area contributed by atoms with Gasteiger partial charge in [0.2, 0.25) is 16.0 Å². The Kier molecular flexibility index (Phi) is 7.55. The van der Waals surface area contributed by atoms with Crippen LogP contribution in [-0.2, 0) is 26.2 Å². The second kappa shape index (κ2) is 10.4. The lowest BCUT2D eigenvalue weighted by Gasteiger charge is -2.47. The molecule has 0 aromatic carbocycles. The van der Waals surface area contributed by atoms with E-state index in [0.29, 0.717) is 12.4 Å². The van der Waals surface area contributed by atoms with Crippen molar-refractivity contribution in [1.29, 1.82) is 0 Å². The molecule has 2 unspecified atom stereocenters. The number of rotatable bonds is 9. The number of aromatic amines is 1. The number of carbonyl (C=O) groups excluding carboxylic acids is 1. The number of nitrogens with one attached hydrogen (secondary N) is 3. The van der Waals surface area contributed by atoms with Crippen LogP contribution < -0.4 is 10.6 Å². The summed E-state index contributed by atoms with van der Waals surface area (Å²) in [5.41, 5.74) is 0.732. The van der Waals surface area contributed by atoms with Crippen molar-refractivity contribution in [3.8, 4) is 0 Å². The lowest BCUT2D eigenvalue weighted by molar-refractivity contribution is -0.142. The second-order valence-corrected chi connectivity index (χ2v) is 11.3. The molecule has 4 rings (SSSR count). The number of H-pyrrole nitrogens is 1. The Morgan fingerprint density at radius 2 is 2.00 bits per heavy atom. The highest BCUT2D eigenvalue weighted by Gasteiger charge is 2.43. The molecule has 35 heavy (non-hydrogen) atoms. The summed E-state index contributed by atoms with van der Waals surface area (Å²) < 4.78 is 47.0. The fraction of sp³-hybridized carbons (Fsp3) is 0.636. The molecule has 192 valence electrons. The van der Waals surface area contributed by atoms with Crippen LogP contribution in [0.1, 0.15) is 57.3 Å². The minimum absolute atomic E-state index is 0.00745. The van der Waals surface area contributed by atoms with Gasteiger partial charge in [-0.2, -0.15) is 14.4 Å².